The van der Waals surface area contributed by atoms with Crippen LogP contribution in [0.2, 0.25) is 0 Å². The first-order chi connectivity index (χ1) is 7.70. The van der Waals surface area contributed by atoms with E-state index in [2.05, 4.69) is 6.92 Å². The summed E-state index contributed by atoms with van der Waals surface area (Å²) in [5, 5.41) is 11.2. The quantitative estimate of drug-likeness (QED) is 0.536. The number of fused-ring (bicyclic) bond motifs is 2. The molecule has 0 heterocycles. The maximum absolute atomic E-state index is 11.2. The molecular formula is C13H15NO2. The topological polar surface area (TPSA) is 43.1 Å². The van der Waals surface area contributed by atoms with Crippen molar-refractivity contribution in [2.24, 2.45) is 0 Å². The summed E-state index contributed by atoms with van der Waals surface area (Å²) in [6.07, 6.45) is 6.05. The van der Waals surface area contributed by atoms with Gasteiger partial charge in [-0.25, -0.2) is 0 Å². The zero-order chi connectivity index (χ0) is 11.3. The minimum absolute atomic E-state index is 0.145. The number of benzene rings is 1. The molecule has 1 aromatic carbocycles. The van der Waals surface area contributed by atoms with Gasteiger partial charge in [0.1, 0.15) is 0 Å². The second-order valence-corrected chi connectivity index (χ2v) is 4.85. The molecule has 0 fully saturated rings. The third-order valence-electron chi connectivity index (χ3n) is 4.10. The van der Waals surface area contributed by atoms with E-state index in [0.717, 1.165) is 49.7 Å². The Hall–Kier alpha value is -1.38. The van der Waals surface area contributed by atoms with Crippen LogP contribution in [-0.2, 0) is 25.7 Å². The lowest BCUT2D eigenvalue weighted by atomic mass is 9.93. The fourth-order valence-electron chi connectivity index (χ4n) is 3.42. The van der Waals surface area contributed by atoms with E-state index < -0.39 is 0 Å². The van der Waals surface area contributed by atoms with Crippen molar-refractivity contribution in [2.45, 2.75) is 45.4 Å². The first-order valence-electron chi connectivity index (χ1n) is 6.00. The summed E-state index contributed by atoms with van der Waals surface area (Å²) < 4.78 is 0. The maximum atomic E-state index is 11.2. The van der Waals surface area contributed by atoms with Crippen molar-refractivity contribution in [2.75, 3.05) is 0 Å². The number of nitrogens with zero attached hydrogens (tertiary/aromatic N) is 1. The zero-order valence-electron chi connectivity index (χ0n) is 9.51. The molecule has 0 saturated carbocycles. The van der Waals surface area contributed by atoms with E-state index in [4.69, 9.17) is 0 Å². The smallest absolute Gasteiger partial charge is 0.258 e. The number of nitro groups is 1. The molecule has 0 amide bonds. The van der Waals surface area contributed by atoms with Crippen LogP contribution in [0.1, 0.15) is 40.7 Å². The van der Waals surface area contributed by atoms with Crippen molar-refractivity contribution in [1.82, 2.24) is 0 Å². The molecule has 0 unspecified atom stereocenters. The molecule has 1 aromatic rings. The summed E-state index contributed by atoms with van der Waals surface area (Å²) in [6, 6.07) is 0. The third-order valence-corrected chi connectivity index (χ3v) is 4.10. The van der Waals surface area contributed by atoms with Crippen LogP contribution in [0.15, 0.2) is 0 Å². The third kappa shape index (κ3) is 1.14. The second-order valence-electron chi connectivity index (χ2n) is 4.85. The lowest BCUT2D eigenvalue weighted by Gasteiger charge is -2.12. The average Bonchev–Trinajstić information content (AvgIpc) is 2.84. The number of hydrogen-bond acceptors (Lipinski definition) is 2. The molecule has 16 heavy (non-hydrogen) atoms. The monoisotopic (exact) mass is 217 g/mol. The fraction of sp³-hybridized carbons (Fsp3) is 0.538. The van der Waals surface area contributed by atoms with Gasteiger partial charge in [-0.05, 0) is 62.1 Å². The summed E-state index contributed by atoms with van der Waals surface area (Å²) in [5.41, 5.74) is 6.47. The molecule has 2 aliphatic carbocycles. The van der Waals surface area contributed by atoms with E-state index in [1.54, 1.807) is 0 Å². The van der Waals surface area contributed by atoms with Crippen molar-refractivity contribution >= 4 is 5.69 Å². The van der Waals surface area contributed by atoms with Gasteiger partial charge in [-0.15, -0.1) is 0 Å². The summed E-state index contributed by atoms with van der Waals surface area (Å²) >= 11 is 0. The number of rotatable bonds is 1. The summed E-state index contributed by atoms with van der Waals surface area (Å²) in [5.74, 6) is 0. The van der Waals surface area contributed by atoms with Crippen LogP contribution in [0.5, 0.6) is 0 Å². The molecule has 0 radical (unpaired) electrons. The van der Waals surface area contributed by atoms with E-state index in [1.165, 1.54) is 16.7 Å². The normalized spacial score (nSPS) is 17.3. The standard InChI is InChI=1S/C13H15NO2/c1-8-9-4-2-6-11(9)13(14(15)16)12-7-3-5-10(8)12/h2-7H2,1H3. The van der Waals surface area contributed by atoms with Gasteiger partial charge in [-0.2, -0.15) is 0 Å². The summed E-state index contributed by atoms with van der Waals surface area (Å²) in [4.78, 5) is 11.1. The molecule has 0 aliphatic heterocycles. The molecule has 3 nitrogen and oxygen atoms in total. The van der Waals surface area contributed by atoms with Gasteiger partial charge in [0.2, 0.25) is 0 Å². The molecule has 0 bridgehead atoms. The van der Waals surface area contributed by atoms with Gasteiger partial charge in [0, 0.05) is 11.1 Å². The summed E-state index contributed by atoms with van der Waals surface area (Å²) in [6.45, 7) is 2.15. The van der Waals surface area contributed by atoms with Crippen LogP contribution < -0.4 is 0 Å². The molecule has 0 saturated heterocycles. The minimum Gasteiger partial charge on any atom is -0.258 e. The van der Waals surface area contributed by atoms with Crippen LogP contribution in [0.25, 0.3) is 0 Å². The largest absolute Gasteiger partial charge is 0.276 e. The zero-order valence-corrected chi connectivity index (χ0v) is 9.51. The minimum atomic E-state index is -0.145. The van der Waals surface area contributed by atoms with Crippen molar-refractivity contribution in [3.63, 3.8) is 0 Å². The molecule has 84 valence electrons. The van der Waals surface area contributed by atoms with Crippen LogP contribution >= 0.6 is 0 Å². The highest BCUT2D eigenvalue weighted by molar-refractivity contribution is 5.62. The van der Waals surface area contributed by atoms with Crippen LogP contribution in [0.4, 0.5) is 5.69 Å². The van der Waals surface area contributed by atoms with Crippen LogP contribution in [0, 0.1) is 17.0 Å². The predicted molar refractivity (Wildman–Crippen MR) is 61.9 cm³/mol. The highest BCUT2D eigenvalue weighted by Crippen LogP contribution is 2.42. The van der Waals surface area contributed by atoms with Gasteiger partial charge < -0.3 is 0 Å². The Morgan fingerprint density at radius 1 is 0.938 bits per heavy atom. The Morgan fingerprint density at radius 3 is 1.81 bits per heavy atom. The van der Waals surface area contributed by atoms with Gasteiger partial charge in [0.05, 0.1) is 4.92 Å². The van der Waals surface area contributed by atoms with E-state index in [9.17, 15) is 10.1 Å². The number of nitro benzene ring substituents is 1. The Balaban J connectivity index is 2.36. The SMILES string of the molecule is Cc1c2c(c([N+](=O)[O-])c3c1CCC3)CCC2. The van der Waals surface area contributed by atoms with Crippen molar-refractivity contribution in [1.29, 1.82) is 0 Å². The van der Waals surface area contributed by atoms with E-state index in [1.807, 2.05) is 0 Å². The van der Waals surface area contributed by atoms with Gasteiger partial charge >= 0.3 is 0 Å². The molecule has 0 aromatic heterocycles. The van der Waals surface area contributed by atoms with Gasteiger partial charge in [0.25, 0.3) is 5.69 Å². The van der Waals surface area contributed by atoms with Crippen molar-refractivity contribution in [3.8, 4) is 0 Å². The second kappa shape index (κ2) is 3.30. The van der Waals surface area contributed by atoms with E-state index in [-0.39, 0.29) is 4.92 Å². The van der Waals surface area contributed by atoms with Gasteiger partial charge in [0.15, 0.2) is 0 Å². The molecule has 2 aliphatic rings. The van der Waals surface area contributed by atoms with Crippen molar-refractivity contribution < 1.29 is 4.92 Å². The highest BCUT2D eigenvalue weighted by atomic mass is 16.6. The number of hydrogen-bond donors (Lipinski definition) is 0. The van der Waals surface area contributed by atoms with Crippen LogP contribution in [0.3, 0.4) is 0 Å². The first-order valence-corrected chi connectivity index (χ1v) is 6.00. The Morgan fingerprint density at radius 2 is 1.38 bits per heavy atom. The molecule has 0 spiro atoms. The lowest BCUT2D eigenvalue weighted by molar-refractivity contribution is -0.386. The van der Waals surface area contributed by atoms with E-state index in [0.29, 0.717) is 5.69 Å². The molecular weight excluding hydrogens is 202 g/mol. The van der Waals surface area contributed by atoms with Gasteiger partial charge in [-0.1, -0.05) is 0 Å². The lowest BCUT2D eigenvalue weighted by Crippen LogP contribution is -2.03. The van der Waals surface area contributed by atoms with Crippen molar-refractivity contribution in [3.05, 3.63) is 37.9 Å². The Kier molecular flexibility index (Phi) is 2.03. The van der Waals surface area contributed by atoms with Gasteiger partial charge in [-0.3, -0.25) is 10.1 Å². The Labute approximate surface area is 94.6 Å². The molecule has 3 rings (SSSR count). The predicted octanol–water partition coefficient (Wildman–Crippen LogP) is 2.88. The Bertz CT molecular complexity index is 456. The molecule has 0 atom stereocenters. The fourth-order valence-corrected chi connectivity index (χ4v) is 3.42. The molecule has 3 heteroatoms. The van der Waals surface area contributed by atoms with E-state index >= 15 is 0 Å². The summed E-state index contributed by atoms with van der Waals surface area (Å²) in [7, 11) is 0. The average molecular weight is 217 g/mol. The molecule has 0 N–H and O–H groups in total. The maximum Gasteiger partial charge on any atom is 0.276 e. The van der Waals surface area contributed by atoms with Crippen LogP contribution in [-0.4, -0.2) is 4.92 Å². The highest BCUT2D eigenvalue weighted by Gasteiger charge is 2.32. The first kappa shape index (κ1) is 9.82.